The summed E-state index contributed by atoms with van der Waals surface area (Å²) in [6.07, 6.45) is 10.2. The van der Waals surface area contributed by atoms with Crippen molar-refractivity contribution < 1.29 is 4.79 Å². The van der Waals surface area contributed by atoms with Crippen LogP contribution in [0.25, 0.3) is 5.65 Å². The summed E-state index contributed by atoms with van der Waals surface area (Å²) in [6.45, 7) is 3.69. The molecule has 0 unspecified atom stereocenters. The van der Waals surface area contributed by atoms with E-state index in [1.807, 2.05) is 21.7 Å². The molecule has 1 aliphatic heterocycles. The van der Waals surface area contributed by atoms with Gasteiger partial charge in [0.1, 0.15) is 0 Å². The van der Waals surface area contributed by atoms with E-state index >= 15 is 0 Å². The predicted molar refractivity (Wildman–Crippen MR) is 96.5 cm³/mol. The van der Waals surface area contributed by atoms with Crippen LogP contribution in [0.15, 0.2) is 49.1 Å². The number of aryl methyl sites for hydroxylation is 1. The minimum atomic E-state index is -0.00888. The van der Waals surface area contributed by atoms with Gasteiger partial charge >= 0.3 is 0 Å². The van der Waals surface area contributed by atoms with E-state index in [1.54, 1.807) is 12.4 Å². The van der Waals surface area contributed by atoms with Gasteiger partial charge in [-0.3, -0.25) is 4.79 Å². The molecule has 2 aromatic heterocycles. The first kappa shape index (κ1) is 15.8. The number of likely N-dealkylation sites (tertiary alicyclic amines) is 1. The molecule has 5 heteroatoms. The molecular formula is C20H22N4O. The number of carbonyl (C=O) groups excluding carboxylic acids is 1. The lowest BCUT2D eigenvalue weighted by Gasteiger charge is -2.32. The fourth-order valence-electron chi connectivity index (χ4n) is 3.63. The molecule has 1 atom stereocenters. The maximum atomic E-state index is 13.0. The van der Waals surface area contributed by atoms with Crippen molar-refractivity contribution in [3.8, 4) is 0 Å². The van der Waals surface area contributed by atoms with Crippen LogP contribution in [0.1, 0.15) is 34.5 Å². The minimum Gasteiger partial charge on any atom is -0.337 e. The van der Waals surface area contributed by atoms with Gasteiger partial charge in [-0.2, -0.15) is 0 Å². The van der Waals surface area contributed by atoms with Crippen molar-refractivity contribution in [2.75, 3.05) is 13.1 Å². The zero-order valence-corrected chi connectivity index (χ0v) is 14.4. The van der Waals surface area contributed by atoms with E-state index < -0.39 is 0 Å². The molecule has 1 aliphatic rings. The van der Waals surface area contributed by atoms with Crippen LogP contribution in [0.2, 0.25) is 0 Å². The van der Waals surface area contributed by atoms with Crippen molar-refractivity contribution in [2.24, 2.45) is 5.92 Å². The number of benzene rings is 1. The highest BCUT2D eigenvalue weighted by Gasteiger charge is 2.27. The van der Waals surface area contributed by atoms with Gasteiger partial charge in [0.25, 0.3) is 5.91 Å². The Bertz CT molecular complexity index is 884. The van der Waals surface area contributed by atoms with Crippen LogP contribution in [-0.2, 0) is 6.42 Å². The highest BCUT2D eigenvalue weighted by Crippen LogP contribution is 2.23. The third-order valence-corrected chi connectivity index (χ3v) is 4.97. The van der Waals surface area contributed by atoms with Crippen LogP contribution in [0, 0.1) is 12.8 Å². The van der Waals surface area contributed by atoms with Crippen molar-refractivity contribution in [3.05, 3.63) is 65.9 Å². The summed E-state index contributed by atoms with van der Waals surface area (Å²) >= 11 is 0. The van der Waals surface area contributed by atoms with Gasteiger partial charge in [0.05, 0.1) is 0 Å². The summed E-state index contributed by atoms with van der Waals surface area (Å²) in [5, 5.41) is 0. The number of rotatable bonds is 3. The molecule has 1 aromatic carbocycles. The fourth-order valence-corrected chi connectivity index (χ4v) is 3.63. The number of aromatic nitrogens is 3. The molecule has 0 N–H and O–H groups in total. The van der Waals surface area contributed by atoms with Gasteiger partial charge in [-0.1, -0.05) is 29.8 Å². The van der Waals surface area contributed by atoms with Crippen LogP contribution < -0.4 is 0 Å². The zero-order valence-electron chi connectivity index (χ0n) is 14.4. The van der Waals surface area contributed by atoms with Crippen molar-refractivity contribution >= 4 is 11.6 Å². The first-order valence-electron chi connectivity index (χ1n) is 8.83. The number of hydrogen-bond acceptors (Lipinski definition) is 3. The third kappa shape index (κ3) is 3.27. The first-order chi connectivity index (χ1) is 12.2. The average molecular weight is 334 g/mol. The summed E-state index contributed by atoms with van der Waals surface area (Å²) in [4.78, 5) is 23.5. The summed E-state index contributed by atoms with van der Waals surface area (Å²) in [5.41, 5.74) is 3.71. The lowest BCUT2D eigenvalue weighted by molar-refractivity contribution is 0.0669. The Hall–Kier alpha value is -2.69. The normalized spacial score (nSPS) is 17.8. The van der Waals surface area contributed by atoms with E-state index in [0.29, 0.717) is 17.3 Å². The van der Waals surface area contributed by atoms with Crippen molar-refractivity contribution in [3.63, 3.8) is 0 Å². The lowest BCUT2D eigenvalue weighted by Crippen LogP contribution is -2.41. The Morgan fingerprint density at radius 3 is 2.72 bits per heavy atom. The SMILES string of the molecule is Cc1ccc(C[C@H]2CCCN(C(=O)c3nccn4ccnc34)C2)cc1. The molecule has 4 rings (SSSR count). The molecule has 5 nitrogen and oxygen atoms in total. The summed E-state index contributed by atoms with van der Waals surface area (Å²) in [5.74, 6) is 0.491. The molecule has 3 heterocycles. The monoisotopic (exact) mass is 334 g/mol. The van der Waals surface area contributed by atoms with E-state index in [2.05, 4.69) is 41.2 Å². The van der Waals surface area contributed by atoms with Gasteiger partial charge in [0.15, 0.2) is 11.3 Å². The predicted octanol–water partition coefficient (Wildman–Crippen LogP) is 3.13. The van der Waals surface area contributed by atoms with Crippen LogP contribution >= 0.6 is 0 Å². The van der Waals surface area contributed by atoms with Gasteiger partial charge in [-0.15, -0.1) is 0 Å². The lowest BCUT2D eigenvalue weighted by atomic mass is 9.91. The van der Waals surface area contributed by atoms with Crippen LogP contribution in [0.3, 0.4) is 0 Å². The molecule has 3 aromatic rings. The Balaban J connectivity index is 1.50. The Morgan fingerprint density at radius 1 is 1.16 bits per heavy atom. The van der Waals surface area contributed by atoms with Gasteiger partial charge in [0, 0.05) is 37.9 Å². The number of amides is 1. The second-order valence-corrected chi connectivity index (χ2v) is 6.88. The number of nitrogens with zero attached hydrogens (tertiary/aromatic N) is 4. The van der Waals surface area contributed by atoms with Crippen LogP contribution in [-0.4, -0.2) is 38.3 Å². The fraction of sp³-hybridized carbons (Fsp3) is 0.350. The Morgan fingerprint density at radius 2 is 1.92 bits per heavy atom. The minimum absolute atomic E-state index is 0.00888. The summed E-state index contributed by atoms with van der Waals surface area (Å²) < 4.78 is 1.84. The Kier molecular flexibility index (Phi) is 4.22. The Labute approximate surface area is 147 Å². The van der Waals surface area contributed by atoms with Crippen molar-refractivity contribution in [2.45, 2.75) is 26.2 Å². The van der Waals surface area contributed by atoms with E-state index in [4.69, 9.17) is 0 Å². The van der Waals surface area contributed by atoms with E-state index in [1.165, 1.54) is 17.5 Å². The molecule has 1 fully saturated rings. The van der Waals surface area contributed by atoms with E-state index in [-0.39, 0.29) is 5.91 Å². The molecule has 1 saturated heterocycles. The largest absolute Gasteiger partial charge is 0.337 e. The number of piperidine rings is 1. The smallest absolute Gasteiger partial charge is 0.276 e. The molecule has 0 aliphatic carbocycles. The number of hydrogen-bond donors (Lipinski definition) is 0. The average Bonchev–Trinajstić information content (AvgIpc) is 3.12. The standard InChI is InChI=1S/C20H22N4O/c1-15-4-6-16(7-5-15)13-17-3-2-10-24(14-17)20(25)18-19-22-9-12-23(19)11-8-21-18/h4-9,11-12,17H,2-3,10,13-14H2,1H3/t17-/m1/s1. The highest BCUT2D eigenvalue weighted by molar-refractivity contribution is 5.97. The molecule has 0 radical (unpaired) electrons. The maximum absolute atomic E-state index is 13.0. The summed E-state index contributed by atoms with van der Waals surface area (Å²) in [6, 6.07) is 8.71. The maximum Gasteiger partial charge on any atom is 0.276 e. The zero-order chi connectivity index (χ0) is 17.2. The molecule has 128 valence electrons. The molecule has 25 heavy (non-hydrogen) atoms. The highest BCUT2D eigenvalue weighted by atomic mass is 16.2. The van der Waals surface area contributed by atoms with Gasteiger partial charge < -0.3 is 9.30 Å². The van der Waals surface area contributed by atoms with Gasteiger partial charge in [-0.05, 0) is 37.7 Å². The quantitative estimate of drug-likeness (QED) is 0.739. The second kappa shape index (κ2) is 6.67. The van der Waals surface area contributed by atoms with Gasteiger partial charge in [0.2, 0.25) is 0 Å². The first-order valence-corrected chi connectivity index (χ1v) is 8.83. The third-order valence-electron chi connectivity index (χ3n) is 4.97. The molecule has 1 amide bonds. The van der Waals surface area contributed by atoms with E-state index in [0.717, 1.165) is 25.9 Å². The van der Waals surface area contributed by atoms with Crippen LogP contribution in [0.4, 0.5) is 0 Å². The number of imidazole rings is 1. The topological polar surface area (TPSA) is 50.5 Å². The van der Waals surface area contributed by atoms with Crippen LogP contribution in [0.5, 0.6) is 0 Å². The molecular weight excluding hydrogens is 312 g/mol. The number of carbonyl (C=O) groups is 1. The molecule has 0 bridgehead atoms. The van der Waals surface area contributed by atoms with Crippen molar-refractivity contribution in [1.29, 1.82) is 0 Å². The molecule has 0 saturated carbocycles. The van der Waals surface area contributed by atoms with Crippen molar-refractivity contribution in [1.82, 2.24) is 19.3 Å². The number of fused-ring (bicyclic) bond motifs is 1. The summed E-state index contributed by atoms with van der Waals surface area (Å²) in [7, 11) is 0. The van der Waals surface area contributed by atoms with E-state index in [9.17, 15) is 4.79 Å². The second-order valence-electron chi connectivity index (χ2n) is 6.88. The van der Waals surface area contributed by atoms with Gasteiger partial charge in [-0.25, -0.2) is 9.97 Å². The molecule has 0 spiro atoms.